The Kier molecular flexibility index (Phi) is 3.40. The summed E-state index contributed by atoms with van der Waals surface area (Å²) >= 11 is 0. The molecule has 1 aromatic carbocycles. The molecular formula is C10H7F5O2. The van der Waals surface area contributed by atoms with E-state index in [1.165, 1.54) is 0 Å². The Morgan fingerprint density at radius 2 is 1.76 bits per heavy atom. The van der Waals surface area contributed by atoms with E-state index in [1.807, 2.05) is 0 Å². The Morgan fingerprint density at radius 3 is 2.24 bits per heavy atom. The first-order chi connectivity index (χ1) is 7.63. The van der Waals surface area contributed by atoms with E-state index in [2.05, 4.69) is 0 Å². The van der Waals surface area contributed by atoms with E-state index in [-0.39, 0.29) is 5.56 Å². The van der Waals surface area contributed by atoms with Gasteiger partial charge in [-0.3, -0.25) is 0 Å². The van der Waals surface area contributed by atoms with Gasteiger partial charge in [0.05, 0.1) is 5.56 Å². The lowest BCUT2D eigenvalue weighted by molar-refractivity contribution is -0.164. The van der Waals surface area contributed by atoms with Gasteiger partial charge in [-0.2, -0.15) is 22.0 Å². The van der Waals surface area contributed by atoms with Crippen LogP contribution in [0.5, 0.6) is 0 Å². The van der Waals surface area contributed by atoms with Crippen molar-refractivity contribution in [3.8, 4) is 0 Å². The summed E-state index contributed by atoms with van der Waals surface area (Å²) in [6.07, 6.45) is -5.92. The van der Waals surface area contributed by atoms with E-state index in [0.717, 1.165) is 18.2 Å². The summed E-state index contributed by atoms with van der Waals surface area (Å²) in [7, 11) is 0. The third-order valence-corrected chi connectivity index (χ3v) is 1.99. The topological polar surface area (TPSA) is 37.3 Å². The number of hydrogen-bond donors (Lipinski definition) is 1. The van der Waals surface area contributed by atoms with Gasteiger partial charge in [0.2, 0.25) is 0 Å². The summed E-state index contributed by atoms with van der Waals surface area (Å²) in [4.78, 5) is 10.1. The van der Waals surface area contributed by atoms with Gasteiger partial charge >= 0.3 is 18.1 Å². The number of hydrogen-bond acceptors (Lipinski definition) is 1. The third-order valence-electron chi connectivity index (χ3n) is 1.99. The predicted octanol–water partition coefficient (Wildman–Crippen LogP) is 2.97. The summed E-state index contributed by atoms with van der Waals surface area (Å²) in [5, 5.41) is 8.16. The summed E-state index contributed by atoms with van der Waals surface area (Å²) in [6, 6.07) is 3.21. The van der Waals surface area contributed by atoms with Crippen molar-refractivity contribution in [2.75, 3.05) is 0 Å². The van der Waals surface area contributed by atoms with Gasteiger partial charge in [0.1, 0.15) is 0 Å². The summed E-state index contributed by atoms with van der Waals surface area (Å²) < 4.78 is 62.3. The SMILES string of the molecule is O=C(O)C(F)(F)Cc1cccc(C(F)(F)F)c1. The standard InChI is InChI=1S/C10H7F5O2/c11-9(12,8(16)17)5-6-2-1-3-7(4-6)10(13,14)15/h1-4H,5H2,(H,16,17). The third kappa shape index (κ3) is 3.40. The molecule has 0 aliphatic rings. The number of carboxylic acid groups (broad SMARTS) is 1. The van der Waals surface area contributed by atoms with E-state index in [1.54, 1.807) is 0 Å². The number of halogens is 5. The first-order valence-electron chi connectivity index (χ1n) is 4.40. The molecule has 0 fully saturated rings. The molecule has 0 bridgehead atoms. The minimum absolute atomic E-state index is 0.382. The molecule has 0 heterocycles. The van der Waals surface area contributed by atoms with Crippen LogP contribution >= 0.6 is 0 Å². The molecule has 0 aliphatic carbocycles. The van der Waals surface area contributed by atoms with Crippen molar-refractivity contribution < 1.29 is 31.9 Å². The molecule has 0 spiro atoms. The normalized spacial score (nSPS) is 12.5. The highest BCUT2D eigenvalue weighted by molar-refractivity contribution is 5.75. The van der Waals surface area contributed by atoms with Crippen LogP contribution in [0.15, 0.2) is 24.3 Å². The van der Waals surface area contributed by atoms with Crippen molar-refractivity contribution in [3.05, 3.63) is 35.4 Å². The molecule has 0 saturated heterocycles. The highest BCUT2D eigenvalue weighted by atomic mass is 19.4. The first kappa shape index (κ1) is 13.4. The Balaban J connectivity index is 2.98. The van der Waals surface area contributed by atoms with Crippen LogP contribution in [0.25, 0.3) is 0 Å². The highest BCUT2D eigenvalue weighted by Gasteiger charge is 2.39. The fraction of sp³-hybridized carbons (Fsp3) is 0.300. The van der Waals surface area contributed by atoms with Crippen molar-refractivity contribution in [1.82, 2.24) is 0 Å². The van der Waals surface area contributed by atoms with Crippen LogP contribution in [0, 0.1) is 0 Å². The van der Waals surface area contributed by atoms with E-state index in [0.29, 0.717) is 6.07 Å². The second kappa shape index (κ2) is 4.31. The monoisotopic (exact) mass is 254 g/mol. The molecular weight excluding hydrogens is 247 g/mol. The Bertz CT molecular complexity index is 425. The minimum atomic E-state index is -4.64. The molecule has 1 rings (SSSR count). The summed E-state index contributed by atoms with van der Waals surface area (Å²) in [6.45, 7) is 0. The lowest BCUT2D eigenvalue weighted by atomic mass is 10.0. The van der Waals surface area contributed by atoms with Gasteiger partial charge in [-0.1, -0.05) is 18.2 Å². The molecule has 0 radical (unpaired) electrons. The van der Waals surface area contributed by atoms with Gasteiger partial charge in [-0.05, 0) is 11.6 Å². The van der Waals surface area contributed by atoms with Crippen LogP contribution in [0.1, 0.15) is 11.1 Å². The molecule has 0 aromatic heterocycles. The maximum atomic E-state index is 12.8. The minimum Gasteiger partial charge on any atom is -0.477 e. The fourth-order valence-corrected chi connectivity index (χ4v) is 1.19. The zero-order valence-electron chi connectivity index (χ0n) is 8.26. The van der Waals surface area contributed by atoms with Gasteiger partial charge in [-0.25, -0.2) is 4.79 Å². The van der Waals surface area contributed by atoms with E-state index in [9.17, 15) is 26.7 Å². The molecule has 0 amide bonds. The molecule has 94 valence electrons. The smallest absolute Gasteiger partial charge is 0.416 e. The van der Waals surface area contributed by atoms with Crippen LogP contribution < -0.4 is 0 Å². The lowest BCUT2D eigenvalue weighted by Gasteiger charge is -2.12. The maximum Gasteiger partial charge on any atom is 0.416 e. The van der Waals surface area contributed by atoms with Gasteiger partial charge < -0.3 is 5.11 Å². The molecule has 0 saturated carbocycles. The number of alkyl halides is 5. The van der Waals surface area contributed by atoms with Gasteiger partial charge in [0, 0.05) is 6.42 Å². The first-order valence-corrected chi connectivity index (χ1v) is 4.40. The number of aliphatic carboxylic acids is 1. The Hall–Kier alpha value is -1.66. The molecule has 1 N–H and O–H groups in total. The molecule has 0 aliphatic heterocycles. The number of carboxylic acids is 1. The summed E-state index contributed by atoms with van der Waals surface area (Å²) in [5.41, 5.74) is -1.47. The largest absolute Gasteiger partial charge is 0.477 e. The number of rotatable bonds is 3. The van der Waals surface area contributed by atoms with Crippen molar-refractivity contribution in [2.45, 2.75) is 18.5 Å². The van der Waals surface area contributed by atoms with Gasteiger partial charge in [0.15, 0.2) is 0 Å². The number of carbonyl (C=O) groups is 1. The van der Waals surface area contributed by atoms with E-state index < -0.39 is 30.1 Å². The zero-order valence-corrected chi connectivity index (χ0v) is 8.26. The average Bonchev–Trinajstić information content (AvgIpc) is 2.15. The van der Waals surface area contributed by atoms with Crippen LogP contribution in [-0.4, -0.2) is 17.0 Å². The second-order valence-electron chi connectivity index (χ2n) is 3.38. The highest BCUT2D eigenvalue weighted by Crippen LogP contribution is 2.30. The summed E-state index contributed by atoms with van der Waals surface area (Å²) in [5.74, 6) is -6.44. The van der Waals surface area contributed by atoms with Crippen LogP contribution in [0.2, 0.25) is 0 Å². The molecule has 1 aromatic rings. The van der Waals surface area contributed by atoms with Crippen LogP contribution in [-0.2, 0) is 17.4 Å². The molecule has 0 atom stereocenters. The lowest BCUT2D eigenvalue weighted by Crippen LogP contribution is -2.30. The molecule has 7 heteroatoms. The van der Waals surface area contributed by atoms with Crippen molar-refractivity contribution in [3.63, 3.8) is 0 Å². The molecule has 2 nitrogen and oxygen atoms in total. The van der Waals surface area contributed by atoms with Crippen molar-refractivity contribution >= 4 is 5.97 Å². The van der Waals surface area contributed by atoms with Crippen LogP contribution in [0.3, 0.4) is 0 Å². The quantitative estimate of drug-likeness (QED) is 0.842. The Labute approximate surface area is 92.7 Å². The van der Waals surface area contributed by atoms with E-state index in [4.69, 9.17) is 5.11 Å². The van der Waals surface area contributed by atoms with Gasteiger partial charge in [-0.15, -0.1) is 0 Å². The van der Waals surface area contributed by atoms with Crippen molar-refractivity contribution in [2.24, 2.45) is 0 Å². The van der Waals surface area contributed by atoms with Gasteiger partial charge in [0.25, 0.3) is 0 Å². The second-order valence-corrected chi connectivity index (χ2v) is 3.38. The van der Waals surface area contributed by atoms with E-state index >= 15 is 0 Å². The van der Waals surface area contributed by atoms with Crippen LogP contribution in [0.4, 0.5) is 22.0 Å². The maximum absolute atomic E-state index is 12.8. The zero-order chi connectivity index (χ0) is 13.3. The average molecular weight is 254 g/mol. The fourth-order valence-electron chi connectivity index (χ4n) is 1.19. The number of benzene rings is 1. The Morgan fingerprint density at radius 1 is 1.18 bits per heavy atom. The molecule has 17 heavy (non-hydrogen) atoms. The predicted molar refractivity (Wildman–Crippen MR) is 47.7 cm³/mol. The van der Waals surface area contributed by atoms with Crippen molar-refractivity contribution in [1.29, 1.82) is 0 Å². The molecule has 0 unspecified atom stereocenters.